The molecule has 2 aromatic carbocycles. The Bertz CT molecular complexity index is 1060. The van der Waals surface area contributed by atoms with E-state index in [1.165, 1.54) is 18.2 Å². The molecule has 0 radical (unpaired) electrons. The van der Waals surface area contributed by atoms with Gasteiger partial charge in [0.05, 0.1) is 5.69 Å². The van der Waals surface area contributed by atoms with Crippen LogP contribution in [0.25, 0.3) is 11.3 Å². The Morgan fingerprint density at radius 1 is 1.06 bits per heavy atom. The summed E-state index contributed by atoms with van der Waals surface area (Å²) in [5.41, 5.74) is 2.46. The second-order valence-corrected chi connectivity index (χ2v) is 8.06. The van der Waals surface area contributed by atoms with E-state index in [4.69, 9.17) is 0 Å². The van der Waals surface area contributed by atoms with Crippen LogP contribution < -0.4 is 10.6 Å². The molecule has 8 heteroatoms. The molecule has 168 valence electrons. The monoisotopic (exact) mass is 441 g/mol. The number of nitrogens with zero attached hydrogens (tertiary/aromatic N) is 3. The van der Waals surface area contributed by atoms with E-state index >= 15 is 0 Å². The van der Waals surface area contributed by atoms with Gasteiger partial charge in [-0.25, -0.2) is 23.1 Å². The number of hydrogen-bond acceptors (Lipinski definition) is 5. The summed E-state index contributed by atoms with van der Waals surface area (Å²) >= 11 is 0. The number of benzene rings is 2. The third-order valence-electron chi connectivity index (χ3n) is 5.61. The summed E-state index contributed by atoms with van der Waals surface area (Å²) < 4.78 is 41.3. The van der Waals surface area contributed by atoms with E-state index in [0.29, 0.717) is 41.8 Å². The van der Waals surface area contributed by atoms with Gasteiger partial charge in [0.1, 0.15) is 17.5 Å². The topological polar surface area (TPSA) is 53.1 Å². The molecule has 32 heavy (non-hydrogen) atoms. The van der Waals surface area contributed by atoms with E-state index in [2.05, 4.69) is 32.4 Å². The Labute approximate surface area is 185 Å². The van der Waals surface area contributed by atoms with Crippen molar-refractivity contribution in [1.82, 2.24) is 20.2 Å². The lowest BCUT2D eigenvalue weighted by atomic mass is 10.1. The van der Waals surface area contributed by atoms with Crippen molar-refractivity contribution in [2.75, 3.05) is 31.5 Å². The molecule has 1 aromatic heterocycles. The molecule has 0 amide bonds. The van der Waals surface area contributed by atoms with Gasteiger partial charge >= 0.3 is 0 Å². The second kappa shape index (κ2) is 10.1. The van der Waals surface area contributed by atoms with E-state index in [1.807, 2.05) is 12.1 Å². The SMILES string of the molecule is C[C@H]1CNCCN1Cc1ccc(F)c(-c2ccnc(NCCc3cc(F)cc(F)c3)n2)c1. The fourth-order valence-corrected chi connectivity index (χ4v) is 3.89. The Kier molecular flexibility index (Phi) is 7.02. The molecule has 1 aliphatic heterocycles. The molecular weight excluding hydrogens is 415 g/mol. The van der Waals surface area contributed by atoms with Crippen molar-refractivity contribution >= 4 is 5.95 Å². The van der Waals surface area contributed by atoms with Crippen LogP contribution in [-0.2, 0) is 13.0 Å². The lowest BCUT2D eigenvalue weighted by molar-refractivity contribution is 0.165. The zero-order valence-electron chi connectivity index (χ0n) is 17.9. The third-order valence-corrected chi connectivity index (χ3v) is 5.61. The highest BCUT2D eigenvalue weighted by Gasteiger charge is 2.18. The van der Waals surface area contributed by atoms with E-state index in [-0.39, 0.29) is 5.82 Å². The van der Waals surface area contributed by atoms with E-state index < -0.39 is 11.6 Å². The summed E-state index contributed by atoms with van der Waals surface area (Å²) in [6.07, 6.45) is 1.96. The molecular formula is C24H26F3N5. The smallest absolute Gasteiger partial charge is 0.223 e. The van der Waals surface area contributed by atoms with Gasteiger partial charge < -0.3 is 10.6 Å². The molecule has 5 nitrogen and oxygen atoms in total. The fraction of sp³-hybridized carbons (Fsp3) is 0.333. The highest BCUT2D eigenvalue weighted by molar-refractivity contribution is 5.61. The Morgan fingerprint density at radius 2 is 1.88 bits per heavy atom. The van der Waals surface area contributed by atoms with Gasteiger partial charge in [0.15, 0.2) is 0 Å². The van der Waals surface area contributed by atoms with Crippen LogP contribution in [0.5, 0.6) is 0 Å². The van der Waals surface area contributed by atoms with E-state index in [1.54, 1.807) is 12.3 Å². The molecule has 0 aliphatic carbocycles. The molecule has 2 N–H and O–H groups in total. The summed E-state index contributed by atoms with van der Waals surface area (Å²) in [4.78, 5) is 11.0. The van der Waals surface area contributed by atoms with Crippen LogP contribution in [0.3, 0.4) is 0 Å². The summed E-state index contributed by atoms with van der Waals surface area (Å²) in [5, 5.41) is 6.42. The summed E-state index contributed by atoms with van der Waals surface area (Å²) in [6, 6.07) is 10.6. The number of hydrogen-bond donors (Lipinski definition) is 2. The van der Waals surface area contributed by atoms with Crippen LogP contribution in [0.15, 0.2) is 48.7 Å². The maximum Gasteiger partial charge on any atom is 0.223 e. The first-order valence-corrected chi connectivity index (χ1v) is 10.7. The first kappa shape index (κ1) is 22.2. The highest BCUT2D eigenvalue weighted by atomic mass is 19.1. The lowest BCUT2D eigenvalue weighted by Crippen LogP contribution is -2.49. The zero-order chi connectivity index (χ0) is 22.5. The van der Waals surface area contributed by atoms with E-state index in [9.17, 15) is 13.2 Å². The largest absolute Gasteiger partial charge is 0.354 e. The van der Waals surface area contributed by atoms with Gasteiger partial charge in [-0.2, -0.15) is 0 Å². The first-order valence-electron chi connectivity index (χ1n) is 10.7. The van der Waals surface area contributed by atoms with Crippen molar-refractivity contribution in [1.29, 1.82) is 0 Å². The predicted molar refractivity (Wildman–Crippen MR) is 119 cm³/mol. The minimum absolute atomic E-state index is 0.333. The predicted octanol–water partition coefficient (Wildman–Crippen LogP) is 4.01. The number of piperazine rings is 1. The Balaban J connectivity index is 1.45. The highest BCUT2D eigenvalue weighted by Crippen LogP contribution is 2.24. The standard InChI is InChI=1S/C24H26F3N5/c1-16-14-28-8-9-32(16)15-18-2-3-22(27)21(12-18)23-5-7-30-24(31-23)29-6-4-17-10-19(25)13-20(26)11-17/h2-3,5,7,10-13,16,28H,4,6,8-9,14-15H2,1H3,(H,29,30,31)/t16-/m0/s1. The molecule has 1 saturated heterocycles. The lowest BCUT2D eigenvalue weighted by Gasteiger charge is -2.34. The van der Waals surface area contributed by atoms with Crippen molar-refractivity contribution in [3.05, 3.63) is 77.2 Å². The average molecular weight is 442 g/mol. The normalized spacial score (nSPS) is 16.8. The number of nitrogens with one attached hydrogen (secondary N) is 2. The van der Waals surface area contributed by atoms with Gasteiger partial charge in [0.25, 0.3) is 0 Å². The molecule has 0 saturated carbocycles. The minimum atomic E-state index is -0.608. The molecule has 1 fully saturated rings. The summed E-state index contributed by atoms with van der Waals surface area (Å²) in [5.74, 6) is -1.23. The zero-order valence-corrected chi connectivity index (χ0v) is 17.9. The maximum atomic E-state index is 14.6. The number of aromatic nitrogens is 2. The Hall–Kier alpha value is -2.97. The van der Waals surface area contributed by atoms with Gasteiger partial charge in [-0.3, -0.25) is 4.90 Å². The third kappa shape index (κ3) is 5.63. The molecule has 2 heterocycles. The second-order valence-electron chi connectivity index (χ2n) is 8.06. The molecule has 0 spiro atoms. The van der Waals surface area contributed by atoms with Gasteiger partial charge in [-0.1, -0.05) is 6.07 Å². The van der Waals surface area contributed by atoms with Crippen LogP contribution in [0.1, 0.15) is 18.1 Å². The molecule has 1 atom stereocenters. The van der Waals surface area contributed by atoms with Crippen LogP contribution in [0.4, 0.5) is 19.1 Å². The van der Waals surface area contributed by atoms with Crippen molar-refractivity contribution in [3.63, 3.8) is 0 Å². The van der Waals surface area contributed by atoms with Crippen LogP contribution in [0, 0.1) is 17.5 Å². The van der Waals surface area contributed by atoms with Crippen molar-refractivity contribution in [2.45, 2.75) is 25.9 Å². The molecule has 0 bridgehead atoms. The number of anilines is 1. The molecule has 3 aromatic rings. The fourth-order valence-electron chi connectivity index (χ4n) is 3.89. The van der Waals surface area contributed by atoms with Gasteiger partial charge in [-0.05, 0) is 54.8 Å². The van der Waals surface area contributed by atoms with Crippen LogP contribution in [-0.4, -0.2) is 47.1 Å². The van der Waals surface area contributed by atoms with Crippen LogP contribution >= 0.6 is 0 Å². The minimum Gasteiger partial charge on any atom is -0.354 e. The van der Waals surface area contributed by atoms with Crippen molar-refractivity contribution in [2.24, 2.45) is 0 Å². The maximum absolute atomic E-state index is 14.6. The van der Waals surface area contributed by atoms with Crippen molar-refractivity contribution in [3.8, 4) is 11.3 Å². The Morgan fingerprint density at radius 3 is 2.66 bits per heavy atom. The van der Waals surface area contributed by atoms with Crippen LogP contribution in [0.2, 0.25) is 0 Å². The quantitative estimate of drug-likeness (QED) is 0.580. The van der Waals surface area contributed by atoms with Gasteiger partial charge in [0.2, 0.25) is 5.95 Å². The van der Waals surface area contributed by atoms with Gasteiger partial charge in [0, 0.05) is 56.6 Å². The van der Waals surface area contributed by atoms with Gasteiger partial charge in [-0.15, -0.1) is 0 Å². The molecule has 0 unspecified atom stereocenters. The molecule has 1 aliphatic rings. The number of rotatable bonds is 7. The summed E-state index contributed by atoms with van der Waals surface area (Å²) in [6.45, 7) is 6.15. The molecule has 4 rings (SSSR count). The number of halogens is 3. The summed E-state index contributed by atoms with van der Waals surface area (Å²) in [7, 11) is 0. The average Bonchev–Trinajstić information content (AvgIpc) is 2.76. The van der Waals surface area contributed by atoms with Crippen molar-refractivity contribution < 1.29 is 13.2 Å². The van der Waals surface area contributed by atoms with E-state index in [0.717, 1.165) is 37.8 Å². The first-order chi connectivity index (χ1) is 15.5.